The first kappa shape index (κ1) is 13.5. The van der Waals surface area contributed by atoms with Crippen molar-refractivity contribution in [1.29, 1.82) is 0 Å². The Kier molecular flexibility index (Phi) is 3.38. The summed E-state index contributed by atoms with van der Waals surface area (Å²) < 4.78 is 0. The molecule has 0 saturated carbocycles. The Morgan fingerprint density at radius 3 is 3.00 bits per heavy atom. The molecule has 0 amide bonds. The molecule has 2 unspecified atom stereocenters. The van der Waals surface area contributed by atoms with Gasteiger partial charge in [-0.15, -0.1) is 11.3 Å². The third-order valence-electron chi connectivity index (χ3n) is 5.10. The van der Waals surface area contributed by atoms with E-state index >= 15 is 0 Å². The quantitative estimate of drug-likeness (QED) is 0.905. The Hall–Kier alpha value is -1.14. The Morgan fingerprint density at radius 1 is 1.24 bits per heavy atom. The van der Waals surface area contributed by atoms with Gasteiger partial charge in [0.15, 0.2) is 5.13 Å². The van der Waals surface area contributed by atoms with Crippen LogP contribution in [0.2, 0.25) is 0 Å². The number of aliphatic carboxylic acids is 1. The van der Waals surface area contributed by atoms with E-state index in [4.69, 9.17) is 4.98 Å². The Bertz CT molecular complexity index is 559. The number of aromatic nitrogens is 1. The number of nitrogens with zero attached hydrogens (tertiary/aromatic N) is 3. The normalized spacial score (nSPS) is 29.2. The number of anilines is 1. The standard InChI is InChI=1S/C15H21N3O2S/c19-14(20)11-4-1-5-12-13(11)16-15(21-12)18-8-7-17-6-2-3-10(17)9-18/h10-11H,1-9H2,(H,19,20). The van der Waals surface area contributed by atoms with Crippen molar-refractivity contribution in [3.05, 3.63) is 10.6 Å². The lowest BCUT2D eigenvalue weighted by Gasteiger charge is -2.37. The maximum absolute atomic E-state index is 11.4. The molecule has 6 heteroatoms. The molecule has 3 heterocycles. The van der Waals surface area contributed by atoms with Crippen LogP contribution in [0.15, 0.2) is 0 Å². The zero-order valence-electron chi connectivity index (χ0n) is 12.1. The van der Waals surface area contributed by atoms with Crippen LogP contribution < -0.4 is 4.90 Å². The van der Waals surface area contributed by atoms with Crippen molar-refractivity contribution in [3.8, 4) is 0 Å². The number of hydrogen-bond donors (Lipinski definition) is 1. The Balaban J connectivity index is 1.57. The zero-order chi connectivity index (χ0) is 14.4. The third kappa shape index (κ3) is 2.34. The third-order valence-corrected chi connectivity index (χ3v) is 6.29. The number of fused-ring (bicyclic) bond motifs is 2. The van der Waals surface area contributed by atoms with Crippen LogP contribution in [0.25, 0.3) is 0 Å². The molecule has 2 fully saturated rings. The average molecular weight is 307 g/mol. The molecule has 2 atom stereocenters. The van der Waals surface area contributed by atoms with Crippen LogP contribution in [-0.4, -0.2) is 53.2 Å². The SMILES string of the molecule is O=C(O)C1CCCc2sc(N3CCN4CCCC4C3)nc21. The molecule has 1 aromatic rings. The zero-order valence-corrected chi connectivity index (χ0v) is 12.9. The molecular formula is C15H21N3O2S. The van der Waals surface area contributed by atoms with Crippen molar-refractivity contribution in [2.24, 2.45) is 0 Å². The lowest BCUT2D eigenvalue weighted by Crippen LogP contribution is -2.50. The molecular weight excluding hydrogens is 286 g/mol. The summed E-state index contributed by atoms with van der Waals surface area (Å²) in [7, 11) is 0. The molecule has 2 saturated heterocycles. The summed E-state index contributed by atoms with van der Waals surface area (Å²) in [6.07, 6.45) is 5.32. The van der Waals surface area contributed by atoms with E-state index in [1.54, 1.807) is 11.3 Å². The van der Waals surface area contributed by atoms with Crippen LogP contribution in [0.3, 0.4) is 0 Å². The highest BCUT2D eigenvalue weighted by atomic mass is 32.1. The smallest absolute Gasteiger partial charge is 0.312 e. The van der Waals surface area contributed by atoms with Gasteiger partial charge in [0.25, 0.3) is 0 Å². The van der Waals surface area contributed by atoms with Gasteiger partial charge in [0.1, 0.15) is 5.92 Å². The van der Waals surface area contributed by atoms with Crippen molar-refractivity contribution in [1.82, 2.24) is 9.88 Å². The van der Waals surface area contributed by atoms with Gasteiger partial charge in [-0.2, -0.15) is 0 Å². The van der Waals surface area contributed by atoms with Gasteiger partial charge in [0, 0.05) is 30.6 Å². The molecule has 5 nitrogen and oxygen atoms in total. The van der Waals surface area contributed by atoms with Crippen molar-refractivity contribution in [2.45, 2.75) is 44.1 Å². The molecule has 1 aromatic heterocycles. The minimum Gasteiger partial charge on any atom is -0.481 e. The summed E-state index contributed by atoms with van der Waals surface area (Å²) in [6.45, 7) is 4.45. The van der Waals surface area contributed by atoms with Crippen molar-refractivity contribution in [3.63, 3.8) is 0 Å². The topological polar surface area (TPSA) is 56.7 Å². The van der Waals surface area contributed by atoms with Crippen LogP contribution in [0.4, 0.5) is 5.13 Å². The van der Waals surface area contributed by atoms with E-state index < -0.39 is 5.97 Å². The molecule has 1 aliphatic carbocycles. The second-order valence-corrected chi connectivity index (χ2v) is 7.43. The number of aryl methyl sites for hydroxylation is 1. The largest absolute Gasteiger partial charge is 0.481 e. The highest BCUT2D eigenvalue weighted by Crippen LogP contribution is 2.39. The predicted molar refractivity (Wildman–Crippen MR) is 82.2 cm³/mol. The van der Waals surface area contributed by atoms with Gasteiger partial charge in [0.05, 0.1) is 5.69 Å². The van der Waals surface area contributed by atoms with Gasteiger partial charge >= 0.3 is 5.97 Å². The molecule has 0 spiro atoms. The summed E-state index contributed by atoms with van der Waals surface area (Å²) in [6, 6.07) is 0.676. The highest BCUT2D eigenvalue weighted by Gasteiger charge is 2.34. The fourth-order valence-corrected chi connectivity index (χ4v) is 5.14. The van der Waals surface area contributed by atoms with Crippen LogP contribution in [0.1, 0.15) is 42.2 Å². The number of piperazine rings is 1. The number of carboxylic acids is 1. The lowest BCUT2D eigenvalue weighted by atomic mass is 9.91. The maximum atomic E-state index is 11.4. The van der Waals surface area contributed by atoms with Gasteiger partial charge in [-0.25, -0.2) is 4.98 Å². The summed E-state index contributed by atoms with van der Waals surface area (Å²) in [5.41, 5.74) is 0.850. The minimum absolute atomic E-state index is 0.383. The summed E-state index contributed by atoms with van der Waals surface area (Å²) in [5.74, 6) is -1.10. The summed E-state index contributed by atoms with van der Waals surface area (Å²) in [5, 5.41) is 10.4. The lowest BCUT2D eigenvalue weighted by molar-refractivity contribution is -0.139. The van der Waals surface area contributed by atoms with E-state index in [1.165, 1.54) is 24.3 Å². The number of carboxylic acid groups (broad SMARTS) is 1. The first-order chi connectivity index (χ1) is 10.2. The van der Waals surface area contributed by atoms with Crippen molar-refractivity contribution < 1.29 is 9.90 Å². The fourth-order valence-electron chi connectivity index (χ4n) is 3.95. The van der Waals surface area contributed by atoms with Crippen LogP contribution in [-0.2, 0) is 11.2 Å². The number of hydrogen-bond acceptors (Lipinski definition) is 5. The maximum Gasteiger partial charge on any atom is 0.312 e. The molecule has 21 heavy (non-hydrogen) atoms. The monoisotopic (exact) mass is 307 g/mol. The van der Waals surface area contributed by atoms with Gasteiger partial charge in [-0.1, -0.05) is 0 Å². The first-order valence-electron chi connectivity index (χ1n) is 7.94. The van der Waals surface area contributed by atoms with Crippen LogP contribution >= 0.6 is 11.3 Å². The van der Waals surface area contributed by atoms with E-state index in [1.807, 2.05) is 0 Å². The van der Waals surface area contributed by atoms with Crippen molar-refractivity contribution in [2.75, 3.05) is 31.1 Å². The predicted octanol–water partition coefficient (Wildman–Crippen LogP) is 1.93. The van der Waals surface area contributed by atoms with E-state index in [0.29, 0.717) is 6.04 Å². The molecule has 3 aliphatic rings. The average Bonchev–Trinajstić information content (AvgIpc) is 3.11. The van der Waals surface area contributed by atoms with E-state index in [-0.39, 0.29) is 5.92 Å². The van der Waals surface area contributed by atoms with Gasteiger partial charge in [0.2, 0.25) is 0 Å². The van der Waals surface area contributed by atoms with Crippen LogP contribution in [0, 0.1) is 0 Å². The van der Waals surface area contributed by atoms with Gasteiger partial charge < -0.3 is 10.0 Å². The molecule has 0 radical (unpaired) electrons. The number of rotatable bonds is 2. The minimum atomic E-state index is -0.714. The fraction of sp³-hybridized carbons (Fsp3) is 0.733. The molecule has 114 valence electrons. The van der Waals surface area contributed by atoms with Gasteiger partial charge in [-0.3, -0.25) is 9.69 Å². The van der Waals surface area contributed by atoms with E-state index in [0.717, 1.165) is 49.7 Å². The number of carbonyl (C=O) groups is 1. The Morgan fingerprint density at radius 2 is 2.14 bits per heavy atom. The second kappa shape index (κ2) is 5.25. The van der Waals surface area contributed by atoms with E-state index in [2.05, 4.69) is 9.80 Å². The first-order valence-corrected chi connectivity index (χ1v) is 8.75. The molecule has 4 rings (SSSR count). The molecule has 0 bridgehead atoms. The highest BCUT2D eigenvalue weighted by molar-refractivity contribution is 7.15. The van der Waals surface area contributed by atoms with Gasteiger partial charge in [-0.05, 0) is 38.6 Å². The summed E-state index contributed by atoms with van der Waals surface area (Å²) >= 11 is 1.73. The summed E-state index contributed by atoms with van der Waals surface area (Å²) in [4.78, 5) is 22.3. The molecule has 2 aliphatic heterocycles. The van der Waals surface area contributed by atoms with Crippen molar-refractivity contribution >= 4 is 22.4 Å². The molecule has 0 aromatic carbocycles. The number of thiazole rings is 1. The Labute approximate surface area is 128 Å². The molecule has 1 N–H and O–H groups in total. The van der Waals surface area contributed by atoms with E-state index in [9.17, 15) is 9.90 Å². The van der Waals surface area contributed by atoms with Crippen LogP contribution in [0.5, 0.6) is 0 Å². The second-order valence-electron chi connectivity index (χ2n) is 6.37.